The van der Waals surface area contributed by atoms with E-state index in [9.17, 15) is 9.90 Å². The lowest BCUT2D eigenvalue weighted by molar-refractivity contribution is -0.130. The van der Waals surface area contributed by atoms with E-state index >= 15 is 0 Å². The number of benzene rings is 1. The second-order valence-corrected chi connectivity index (χ2v) is 4.42. The third kappa shape index (κ3) is 3.07. The molecule has 1 aromatic heterocycles. The van der Waals surface area contributed by atoms with Crippen LogP contribution < -0.4 is 0 Å². The van der Waals surface area contributed by atoms with Gasteiger partial charge < -0.3 is 5.11 Å². The number of rotatable bonds is 3. The number of aromatic nitrogens is 1. The van der Waals surface area contributed by atoms with Gasteiger partial charge in [-0.25, -0.2) is 4.79 Å². The molecule has 0 saturated heterocycles. The van der Waals surface area contributed by atoms with Gasteiger partial charge in [0, 0.05) is 6.20 Å². The van der Waals surface area contributed by atoms with Gasteiger partial charge in [-0.3, -0.25) is 4.98 Å². The first-order chi connectivity index (χ1) is 9.08. The Morgan fingerprint density at radius 2 is 1.95 bits per heavy atom. The molecule has 0 saturated carbocycles. The molecule has 3 nitrogen and oxygen atoms in total. The standard InChI is InChI=1S/C16H15NO2/c1-11-6-7-13(9-12(11)2)15(16(18)19)10-14-5-3-4-8-17-14/h3-10H,1-2H3,(H,18,19)/b15-10+. The minimum atomic E-state index is -0.950. The van der Waals surface area contributed by atoms with Crippen molar-refractivity contribution in [1.82, 2.24) is 4.98 Å². The Labute approximate surface area is 112 Å². The fraction of sp³-hybridized carbons (Fsp3) is 0.125. The van der Waals surface area contributed by atoms with E-state index in [1.54, 1.807) is 24.4 Å². The molecule has 0 aliphatic rings. The first kappa shape index (κ1) is 13.0. The molecule has 0 unspecified atom stereocenters. The second kappa shape index (κ2) is 5.48. The van der Waals surface area contributed by atoms with Crippen LogP contribution in [0.3, 0.4) is 0 Å². The van der Waals surface area contributed by atoms with Gasteiger partial charge in [0.25, 0.3) is 0 Å². The zero-order valence-electron chi connectivity index (χ0n) is 10.9. The lowest BCUT2D eigenvalue weighted by Crippen LogP contribution is -2.00. The normalized spacial score (nSPS) is 11.4. The smallest absolute Gasteiger partial charge is 0.336 e. The molecule has 3 heteroatoms. The van der Waals surface area contributed by atoms with E-state index in [0.29, 0.717) is 11.3 Å². The molecule has 2 rings (SSSR count). The van der Waals surface area contributed by atoms with E-state index in [-0.39, 0.29) is 5.57 Å². The van der Waals surface area contributed by atoms with Crippen molar-refractivity contribution in [3.05, 3.63) is 65.0 Å². The summed E-state index contributed by atoms with van der Waals surface area (Å²) in [6.07, 6.45) is 3.23. The number of hydrogen-bond acceptors (Lipinski definition) is 2. The molecule has 0 fully saturated rings. The SMILES string of the molecule is Cc1ccc(/C(=C\c2ccccn2)C(=O)O)cc1C. The van der Waals surface area contributed by atoms with Crippen molar-refractivity contribution in [1.29, 1.82) is 0 Å². The molecule has 2 aromatic rings. The van der Waals surface area contributed by atoms with E-state index < -0.39 is 5.97 Å². The van der Waals surface area contributed by atoms with Gasteiger partial charge in [-0.15, -0.1) is 0 Å². The second-order valence-electron chi connectivity index (χ2n) is 4.42. The maximum absolute atomic E-state index is 11.4. The average Bonchev–Trinajstić information content (AvgIpc) is 2.40. The van der Waals surface area contributed by atoms with Crippen molar-refractivity contribution in [2.24, 2.45) is 0 Å². The third-order valence-electron chi connectivity index (χ3n) is 3.03. The zero-order valence-corrected chi connectivity index (χ0v) is 10.9. The predicted molar refractivity (Wildman–Crippen MR) is 75.7 cm³/mol. The molecule has 1 heterocycles. The number of nitrogens with zero attached hydrogens (tertiary/aromatic N) is 1. The van der Waals surface area contributed by atoms with Gasteiger partial charge in [-0.2, -0.15) is 0 Å². The van der Waals surface area contributed by atoms with Gasteiger partial charge in [0.2, 0.25) is 0 Å². The summed E-state index contributed by atoms with van der Waals surface area (Å²) in [5.41, 5.74) is 3.80. The van der Waals surface area contributed by atoms with Crippen LogP contribution >= 0.6 is 0 Å². The largest absolute Gasteiger partial charge is 0.478 e. The summed E-state index contributed by atoms with van der Waals surface area (Å²) in [5, 5.41) is 9.35. The Bertz CT molecular complexity index is 630. The number of pyridine rings is 1. The summed E-state index contributed by atoms with van der Waals surface area (Å²) in [6, 6.07) is 11.1. The molecule has 96 valence electrons. The molecule has 0 atom stereocenters. The van der Waals surface area contributed by atoms with Crippen LogP contribution in [0.2, 0.25) is 0 Å². The van der Waals surface area contributed by atoms with Crippen molar-refractivity contribution in [3.8, 4) is 0 Å². The molecule has 0 aliphatic heterocycles. The zero-order chi connectivity index (χ0) is 13.8. The van der Waals surface area contributed by atoms with E-state index in [2.05, 4.69) is 4.98 Å². The Morgan fingerprint density at radius 1 is 1.16 bits per heavy atom. The highest BCUT2D eigenvalue weighted by molar-refractivity contribution is 6.20. The lowest BCUT2D eigenvalue weighted by atomic mass is 9.99. The molecule has 1 N–H and O–H groups in total. The Hall–Kier alpha value is -2.42. The van der Waals surface area contributed by atoms with Crippen LogP contribution in [0.5, 0.6) is 0 Å². The summed E-state index contributed by atoms with van der Waals surface area (Å²) in [7, 11) is 0. The summed E-state index contributed by atoms with van der Waals surface area (Å²) in [5.74, 6) is -0.950. The Morgan fingerprint density at radius 3 is 2.53 bits per heavy atom. The summed E-state index contributed by atoms with van der Waals surface area (Å²) < 4.78 is 0. The fourth-order valence-electron chi connectivity index (χ4n) is 1.79. The molecule has 0 radical (unpaired) electrons. The molecule has 0 bridgehead atoms. The van der Waals surface area contributed by atoms with E-state index in [4.69, 9.17) is 0 Å². The minimum absolute atomic E-state index is 0.252. The fourth-order valence-corrected chi connectivity index (χ4v) is 1.79. The maximum atomic E-state index is 11.4. The highest BCUT2D eigenvalue weighted by atomic mass is 16.4. The van der Waals surface area contributed by atoms with Gasteiger partial charge in [-0.05, 0) is 48.7 Å². The maximum Gasteiger partial charge on any atom is 0.336 e. The van der Waals surface area contributed by atoms with Crippen molar-refractivity contribution in [3.63, 3.8) is 0 Å². The van der Waals surface area contributed by atoms with E-state index in [1.807, 2.05) is 38.1 Å². The number of carboxylic acids is 1. The van der Waals surface area contributed by atoms with Crippen molar-refractivity contribution >= 4 is 17.6 Å². The third-order valence-corrected chi connectivity index (χ3v) is 3.03. The van der Waals surface area contributed by atoms with Crippen LogP contribution in [0, 0.1) is 13.8 Å². The highest BCUT2D eigenvalue weighted by Crippen LogP contribution is 2.20. The van der Waals surface area contributed by atoms with Gasteiger partial charge >= 0.3 is 5.97 Å². The predicted octanol–water partition coefficient (Wildman–Crippen LogP) is 3.32. The van der Waals surface area contributed by atoms with Crippen molar-refractivity contribution < 1.29 is 9.90 Å². The molecule has 19 heavy (non-hydrogen) atoms. The minimum Gasteiger partial charge on any atom is -0.478 e. The number of aryl methyl sites for hydroxylation is 2. The van der Waals surface area contributed by atoms with Crippen molar-refractivity contribution in [2.75, 3.05) is 0 Å². The van der Waals surface area contributed by atoms with Gasteiger partial charge in [0.15, 0.2) is 0 Å². The topological polar surface area (TPSA) is 50.2 Å². The van der Waals surface area contributed by atoms with Crippen LogP contribution in [0.4, 0.5) is 0 Å². The van der Waals surface area contributed by atoms with E-state index in [0.717, 1.165) is 11.1 Å². The van der Waals surface area contributed by atoms with Crippen molar-refractivity contribution in [2.45, 2.75) is 13.8 Å². The Kier molecular flexibility index (Phi) is 3.76. The Balaban J connectivity index is 2.49. The number of carboxylic acid groups (broad SMARTS) is 1. The van der Waals surface area contributed by atoms with Crippen LogP contribution in [0.25, 0.3) is 11.6 Å². The highest BCUT2D eigenvalue weighted by Gasteiger charge is 2.11. The van der Waals surface area contributed by atoms with Crippen LogP contribution in [0.1, 0.15) is 22.4 Å². The van der Waals surface area contributed by atoms with E-state index in [1.165, 1.54) is 0 Å². The van der Waals surface area contributed by atoms with Crippen LogP contribution in [0.15, 0.2) is 42.6 Å². The lowest BCUT2D eigenvalue weighted by Gasteiger charge is -2.06. The van der Waals surface area contributed by atoms with Gasteiger partial charge in [0.05, 0.1) is 11.3 Å². The van der Waals surface area contributed by atoms with Crippen LogP contribution in [-0.4, -0.2) is 16.1 Å². The monoisotopic (exact) mass is 253 g/mol. The molecule has 0 aliphatic carbocycles. The van der Waals surface area contributed by atoms with Crippen LogP contribution in [-0.2, 0) is 4.79 Å². The summed E-state index contributed by atoms with van der Waals surface area (Å²) in [6.45, 7) is 3.97. The average molecular weight is 253 g/mol. The molecule has 0 amide bonds. The summed E-state index contributed by atoms with van der Waals surface area (Å²) >= 11 is 0. The number of carbonyl (C=O) groups is 1. The molecule has 0 spiro atoms. The molecule has 1 aromatic carbocycles. The molecular formula is C16H15NO2. The van der Waals surface area contributed by atoms with Gasteiger partial charge in [0.1, 0.15) is 0 Å². The van der Waals surface area contributed by atoms with Gasteiger partial charge in [-0.1, -0.05) is 24.3 Å². The number of aliphatic carboxylic acids is 1. The molecular weight excluding hydrogens is 238 g/mol. The first-order valence-electron chi connectivity index (χ1n) is 6.01. The summed E-state index contributed by atoms with van der Waals surface area (Å²) in [4.78, 5) is 15.5. The quantitative estimate of drug-likeness (QED) is 0.854. The first-order valence-corrected chi connectivity index (χ1v) is 6.01. The number of hydrogen-bond donors (Lipinski definition) is 1.